The SMILES string of the molecule is CC(C)[Si](OCCC1C[C@]1(CCCCCCCBr)N(Cc1ccccc1)Cc1ccccc1)(C(C)C)C(C)C. The number of benzene rings is 2. The molecule has 1 aliphatic rings. The van der Waals surface area contributed by atoms with Crippen molar-refractivity contribution in [3.8, 4) is 0 Å². The van der Waals surface area contributed by atoms with Crippen LogP contribution in [0.5, 0.6) is 0 Å². The third-order valence-corrected chi connectivity index (χ3v) is 16.2. The Hall–Kier alpha value is -0.943. The van der Waals surface area contributed by atoms with E-state index in [-0.39, 0.29) is 0 Å². The van der Waals surface area contributed by atoms with Gasteiger partial charge in [0.05, 0.1) is 0 Å². The van der Waals surface area contributed by atoms with Crippen molar-refractivity contribution in [3.63, 3.8) is 0 Å². The molecule has 1 saturated carbocycles. The van der Waals surface area contributed by atoms with Gasteiger partial charge in [0.2, 0.25) is 0 Å². The quantitative estimate of drug-likeness (QED) is 0.0887. The van der Waals surface area contributed by atoms with Crippen molar-refractivity contribution in [1.29, 1.82) is 0 Å². The minimum absolute atomic E-state index is 0.294. The molecule has 218 valence electrons. The van der Waals surface area contributed by atoms with Gasteiger partial charge in [-0.25, -0.2) is 0 Å². The Labute approximate surface area is 250 Å². The number of nitrogens with zero attached hydrogens (tertiary/aromatic N) is 1. The van der Waals surface area contributed by atoms with E-state index in [9.17, 15) is 0 Å². The topological polar surface area (TPSA) is 12.5 Å². The van der Waals surface area contributed by atoms with Crippen molar-refractivity contribution < 1.29 is 4.43 Å². The molecule has 4 heteroatoms. The molecule has 39 heavy (non-hydrogen) atoms. The fourth-order valence-electron chi connectivity index (χ4n) is 7.50. The molecule has 2 aromatic rings. The third-order valence-electron chi connectivity index (χ3n) is 9.53. The van der Waals surface area contributed by atoms with Crippen molar-refractivity contribution in [1.82, 2.24) is 4.90 Å². The van der Waals surface area contributed by atoms with E-state index in [1.807, 2.05) is 0 Å². The van der Waals surface area contributed by atoms with Gasteiger partial charge in [0.15, 0.2) is 8.32 Å². The smallest absolute Gasteiger partial charge is 0.200 e. The molecule has 2 nitrogen and oxygen atoms in total. The van der Waals surface area contributed by atoms with Crippen molar-refractivity contribution in [2.75, 3.05) is 11.9 Å². The zero-order valence-corrected chi connectivity index (χ0v) is 28.4. The summed E-state index contributed by atoms with van der Waals surface area (Å²) in [5, 5.41) is 1.13. The monoisotopic (exact) mass is 613 g/mol. The van der Waals surface area contributed by atoms with Crippen LogP contribution in [0.2, 0.25) is 16.6 Å². The maximum Gasteiger partial charge on any atom is 0.200 e. The largest absolute Gasteiger partial charge is 0.416 e. The summed E-state index contributed by atoms with van der Waals surface area (Å²) in [4.78, 5) is 2.85. The molecule has 1 fully saturated rings. The molecule has 0 spiro atoms. The van der Waals surface area contributed by atoms with E-state index in [0.717, 1.165) is 30.9 Å². The molecule has 2 aromatic carbocycles. The number of unbranched alkanes of at least 4 members (excludes halogenated alkanes) is 4. The van der Waals surface area contributed by atoms with E-state index < -0.39 is 8.32 Å². The zero-order valence-electron chi connectivity index (χ0n) is 25.8. The molecule has 0 aliphatic heterocycles. The summed E-state index contributed by atoms with van der Waals surface area (Å²) in [6.45, 7) is 17.4. The second-order valence-electron chi connectivity index (χ2n) is 13.0. The van der Waals surface area contributed by atoms with E-state index in [1.54, 1.807) is 0 Å². The van der Waals surface area contributed by atoms with E-state index >= 15 is 0 Å². The molecule has 0 radical (unpaired) electrons. The van der Waals surface area contributed by atoms with E-state index in [0.29, 0.717) is 22.2 Å². The van der Waals surface area contributed by atoms with Gasteiger partial charge in [0.1, 0.15) is 0 Å². The number of alkyl halides is 1. The Kier molecular flexibility index (Phi) is 13.3. The highest BCUT2D eigenvalue weighted by Gasteiger charge is 2.56. The van der Waals surface area contributed by atoms with Gasteiger partial charge < -0.3 is 4.43 Å². The summed E-state index contributed by atoms with van der Waals surface area (Å²) in [6.07, 6.45) is 10.5. The highest BCUT2D eigenvalue weighted by molar-refractivity contribution is 9.09. The third kappa shape index (κ3) is 8.77. The summed E-state index contributed by atoms with van der Waals surface area (Å²) < 4.78 is 7.06. The van der Waals surface area contributed by atoms with Crippen LogP contribution in [-0.4, -0.2) is 30.7 Å². The molecular formula is C35H56BrNOSi. The highest BCUT2D eigenvalue weighted by atomic mass is 79.9. The maximum absolute atomic E-state index is 7.06. The average Bonchev–Trinajstić information content (AvgIpc) is 3.62. The Morgan fingerprint density at radius 3 is 1.74 bits per heavy atom. The number of hydrogen-bond acceptors (Lipinski definition) is 2. The van der Waals surface area contributed by atoms with Crippen LogP contribution in [-0.2, 0) is 17.5 Å². The highest BCUT2D eigenvalue weighted by Crippen LogP contribution is 2.55. The lowest BCUT2D eigenvalue weighted by Gasteiger charge is -2.42. The minimum Gasteiger partial charge on any atom is -0.416 e. The first kappa shape index (κ1) is 32.6. The predicted molar refractivity (Wildman–Crippen MR) is 176 cm³/mol. The summed E-state index contributed by atoms with van der Waals surface area (Å²) in [7, 11) is -1.82. The van der Waals surface area contributed by atoms with E-state index in [2.05, 4.69) is 123 Å². The van der Waals surface area contributed by atoms with E-state index in [1.165, 1.54) is 62.5 Å². The van der Waals surface area contributed by atoms with Crippen LogP contribution in [0.15, 0.2) is 60.7 Å². The first-order valence-corrected chi connectivity index (χ1v) is 19.0. The lowest BCUT2D eigenvalue weighted by Crippen LogP contribution is -2.48. The summed E-state index contributed by atoms with van der Waals surface area (Å²) in [6, 6.07) is 22.3. The summed E-state index contributed by atoms with van der Waals surface area (Å²) in [5.41, 5.74) is 5.09. The first-order valence-electron chi connectivity index (χ1n) is 15.8. The molecule has 3 rings (SSSR count). The molecular weight excluding hydrogens is 558 g/mol. The van der Waals surface area contributed by atoms with Gasteiger partial charge in [-0.2, -0.15) is 0 Å². The second-order valence-corrected chi connectivity index (χ2v) is 19.2. The second kappa shape index (κ2) is 15.9. The molecule has 0 saturated heterocycles. The fourth-order valence-corrected chi connectivity index (χ4v) is 13.4. The molecule has 0 amide bonds. The van der Waals surface area contributed by atoms with Gasteiger partial charge in [-0.15, -0.1) is 0 Å². The zero-order chi connectivity index (χ0) is 28.3. The van der Waals surface area contributed by atoms with Crippen LogP contribution < -0.4 is 0 Å². The summed E-state index contributed by atoms with van der Waals surface area (Å²) in [5.74, 6) is 0.727. The Morgan fingerprint density at radius 2 is 1.26 bits per heavy atom. The number of hydrogen-bond donors (Lipinski definition) is 0. The van der Waals surface area contributed by atoms with Crippen molar-refractivity contribution >= 4 is 24.2 Å². The van der Waals surface area contributed by atoms with Crippen LogP contribution in [0.3, 0.4) is 0 Å². The average molecular weight is 615 g/mol. The fraction of sp³-hybridized carbons (Fsp3) is 0.657. The molecule has 0 heterocycles. The number of halogens is 1. The minimum atomic E-state index is -1.82. The van der Waals surface area contributed by atoms with Crippen molar-refractivity contribution in [3.05, 3.63) is 71.8 Å². The van der Waals surface area contributed by atoms with Gasteiger partial charge in [0.25, 0.3) is 0 Å². The molecule has 1 unspecified atom stereocenters. The molecule has 1 aliphatic carbocycles. The van der Waals surface area contributed by atoms with E-state index in [4.69, 9.17) is 4.43 Å². The van der Waals surface area contributed by atoms with Crippen LogP contribution in [0.1, 0.15) is 104 Å². The Balaban J connectivity index is 1.77. The standard InChI is InChI=1S/C35H56BrNOSi/c1-29(2)39(30(3)4,31(5)6)38-25-22-34-26-35(34,23-16-8-7-9-17-24-36)37(27-32-18-12-10-13-19-32)28-33-20-14-11-15-21-33/h10-15,18-21,29-31,34H,7-9,16-17,22-28H2,1-6H3/t34?,35-/m0/s1. The van der Waals surface area contributed by atoms with Gasteiger partial charge in [0, 0.05) is 30.6 Å². The Bertz CT molecular complexity index is 871. The first-order chi connectivity index (χ1) is 18.8. The molecule has 2 atom stereocenters. The van der Waals surface area contributed by atoms with Crippen LogP contribution in [0, 0.1) is 5.92 Å². The number of rotatable bonds is 19. The predicted octanol–water partition coefficient (Wildman–Crippen LogP) is 10.8. The normalized spacial score (nSPS) is 19.5. The van der Waals surface area contributed by atoms with Crippen LogP contribution in [0.4, 0.5) is 0 Å². The summed E-state index contributed by atoms with van der Waals surface area (Å²) >= 11 is 3.60. The Morgan fingerprint density at radius 1 is 0.769 bits per heavy atom. The molecule has 0 aromatic heterocycles. The van der Waals surface area contributed by atoms with Gasteiger partial charge in [-0.1, -0.05) is 144 Å². The van der Waals surface area contributed by atoms with Gasteiger partial charge >= 0.3 is 0 Å². The van der Waals surface area contributed by atoms with Gasteiger partial charge in [-0.05, 0) is 59.4 Å². The molecule has 0 N–H and O–H groups in total. The lowest BCUT2D eigenvalue weighted by molar-refractivity contribution is 0.124. The van der Waals surface area contributed by atoms with Crippen molar-refractivity contribution in [2.24, 2.45) is 5.92 Å². The van der Waals surface area contributed by atoms with Crippen LogP contribution >= 0.6 is 15.9 Å². The van der Waals surface area contributed by atoms with Crippen LogP contribution in [0.25, 0.3) is 0 Å². The lowest BCUT2D eigenvalue weighted by atomic mass is 9.98. The maximum atomic E-state index is 7.06. The molecule has 0 bridgehead atoms. The van der Waals surface area contributed by atoms with Gasteiger partial charge in [-0.3, -0.25) is 4.90 Å². The van der Waals surface area contributed by atoms with Crippen molar-refractivity contribution in [2.45, 2.75) is 128 Å².